The average Bonchev–Trinajstić information content (AvgIpc) is 2.78. The normalized spacial score (nSPS) is 17.0. The Labute approximate surface area is 169 Å². The van der Waals surface area contributed by atoms with Crippen LogP contribution in [0.15, 0.2) is 29.2 Å². The van der Waals surface area contributed by atoms with Crippen molar-refractivity contribution in [3.63, 3.8) is 0 Å². The van der Waals surface area contributed by atoms with Crippen LogP contribution in [0.4, 0.5) is 5.69 Å². The molecule has 6 nitrogen and oxygen atoms in total. The Balaban J connectivity index is 1.86. The zero-order chi connectivity index (χ0) is 20.7. The SMILES string of the molecule is Cc1ccc(N2CCCN(S(=O)(=O)c3c(C)nn(C(C)(C)C)c3C)CC2)cc1. The van der Waals surface area contributed by atoms with Gasteiger partial charge in [0, 0.05) is 31.9 Å². The van der Waals surface area contributed by atoms with Gasteiger partial charge in [-0.1, -0.05) is 17.7 Å². The van der Waals surface area contributed by atoms with Gasteiger partial charge in [-0.3, -0.25) is 4.68 Å². The molecule has 1 aliphatic heterocycles. The minimum atomic E-state index is -3.58. The minimum absolute atomic E-state index is 0.260. The summed E-state index contributed by atoms with van der Waals surface area (Å²) in [5.74, 6) is 0. The van der Waals surface area contributed by atoms with Gasteiger partial charge >= 0.3 is 0 Å². The van der Waals surface area contributed by atoms with Crippen LogP contribution in [0.25, 0.3) is 0 Å². The molecular formula is C21H32N4O2S. The topological polar surface area (TPSA) is 58.4 Å². The Morgan fingerprint density at radius 3 is 2.14 bits per heavy atom. The summed E-state index contributed by atoms with van der Waals surface area (Å²) in [6.07, 6.45) is 0.804. The average molecular weight is 405 g/mol. The summed E-state index contributed by atoms with van der Waals surface area (Å²) in [6, 6.07) is 8.42. The summed E-state index contributed by atoms with van der Waals surface area (Å²) < 4.78 is 30.4. The predicted octanol–water partition coefficient (Wildman–Crippen LogP) is 3.46. The van der Waals surface area contributed by atoms with Crippen LogP contribution >= 0.6 is 0 Å². The lowest BCUT2D eigenvalue weighted by Crippen LogP contribution is -2.36. The maximum atomic E-state index is 13.5. The summed E-state index contributed by atoms with van der Waals surface area (Å²) in [7, 11) is -3.58. The number of nitrogens with zero attached hydrogens (tertiary/aromatic N) is 4. The first kappa shape index (κ1) is 20.9. The molecule has 2 heterocycles. The molecule has 1 aliphatic rings. The van der Waals surface area contributed by atoms with Crippen molar-refractivity contribution in [1.82, 2.24) is 14.1 Å². The van der Waals surface area contributed by atoms with E-state index in [9.17, 15) is 8.42 Å². The van der Waals surface area contributed by atoms with Crippen LogP contribution in [-0.2, 0) is 15.6 Å². The molecule has 0 unspecified atom stereocenters. The van der Waals surface area contributed by atoms with Crippen molar-refractivity contribution in [2.75, 3.05) is 31.1 Å². The molecule has 28 heavy (non-hydrogen) atoms. The van der Waals surface area contributed by atoms with E-state index in [1.165, 1.54) is 5.56 Å². The van der Waals surface area contributed by atoms with E-state index in [2.05, 4.69) is 41.2 Å². The highest BCUT2D eigenvalue weighted by Gasteiger charge is 2.33. The molecule has 2 aromatic rings. The van der Waals surface area contributed by atoms with Gasteiger partial charge in [0.25, 0.3) is 0 Å². The van der Waals surface area contributed by atoms with Crippen LogP contribution < -0.4 is 4.90 Å². The molecular weight excluding hydrogens is 372 g/mol. The molecule has 0 aliphatic carbocycles. The standard InChI is InChI=1S/C21H32N4O2S/c1-16-8-10-19(11-9-16)23-12-7-13-24(15-14-23)28(26,27)20-17(2)22-25(18(20)3)21(4,5)6/h8-11H,7,12-15H2,1-6H3. The fourth-order valence-electron chi connectivity index (χ4n) is 3.93. The van der Waals surface area contributed by atoms with Crippen LogP contribution in [0, 0.1) is 20.8 Å². The smallest absolute Gasteiger partial charge is 0.246 e. The van der Waals surface area contributed by atoms with E-state index in [-0.39, 0.29) is 5.54 Å². The molecule has 0 radical (unpaired) electrons. The quantitative estimate of drug-likeness (QED) is 0.786. The van der Waals surface area contributed by atoms with Gasteiger partial charge in [0.2, 0.25) is 10.0 Å². The number of benzene rings is 1. The Bertz CT molecular complexity index is 940. The molecule has 1 fully saturated rings. The van der Waals surface area contributed by atoms with Gasteiger partial charge in [0.1, 0.15) is 4.90 Å². The second-order valence-corrected chi connectivity index (χ2v) is 10.5. The summed E-state index contributed by atoms with van der Waals surface area (Å²) >= 11 is 0. The first-order valence-electron chi connectivity index (χ1n) is 9.90. The second kappa shape index (κ2) is 7.52. The third-order valence-electron chi connectivity index (χ3n) is 5.31. The van der Waals surface area contributed by atoms with Gasteiger partial charge in [-0.25, -0.2) is 8.42 Å². The van der Waals surface area contributed by atoms with E-state index in [0.29, 0.717) is 35.9 Å². The monoisotopic (exact) mass is 404 g/mol. The van der Waals surface area contributed by atoms with E-state index in [0.717, 1.165) is 18.7 Å². The number of anilines is 1. The summed E-state index contributed by atoms with van der Waals surface area (Å²) in [5.41, 5.74) is 3.41. The number of aryl methyl sites for hydroxylation is 2. The molecule has 0 spiro atoms. The molecule has 0 bridgehead atoms. The van der Waals surface area contributed by atoms with Crippen LogP contribution in [0.1, 0.15) is 44.1 Å². The van der Waals surface area contributed by atoms with Crippen molar-refractivity contribution in [1.29, 1.82) is 0 Å². The fourth-order valence-corrected chi connectivity index (χ4v) is 5.76. The van der Waals surface area contributed by atoms with Crippen molar-refractivity contribution in [3.05, 3.63) is 41.2 Å². The number of hydrogen-bond acceptors (Lipinski definition) is 4. The fraction of sp³-hybridized carbons (Fsp3) is 0.571. The van der Waals surface area contributed by atoms with Crippen molar-refractivity contribution < 1.29 is 8.42 Å². The molecule has 0 N–H and O–H groups in total. The van der Waals surface area contributed by atoms with Crippen molar-refractivity contribution in [2.45, 2.75) is 58.4 Å². The Morgan fingerprint density at radius 2 is 1.57 bits per heavy atom. The van der Waals surface area contributed by atoms with Crippen molar-refractivity contribution in [3.8, 4) is 0 Å². The lowest BCUT2D eigenvalue weighted by Gasteiger charge is -2.24. The van der Waals surface area contributed by atoms with Gasteiger partial charge < -0.3 is 4.90 Å². The molecule has 7 heteroatoms. The summed E-state index contributed by atoms with van der Waals surface area (Å²) in [4.78, 5) is 2.64. The van der Waals surface area contributed by atoms with Crippen LogP contribution in [0.3, 0.4) is 0 Å². The Kier molecular flexibility index (Phi) is 5.60. The minimum Gasteiger partial charge on any atom is -0.370 e. The maximum absolute atomic E-state index is 13.5. The third-order valence-corrected chi connectivity index (χ3v) is 7.46. The number of aromatic nitrogens is 2. The molecule has 1 aromatic heterocycles. The molecule has 0 atom stereocenters. The summed E-state index contributed by atoms with van der Waals surface area (Å²) in [6.45, 7) is 14.4. The number of hydrogen-bond donors (Lipinski definition) is 0. The summed E-state index contributed by atoms with van der Waals surface area (Å²) in [5, 5.41) is 4.54. The molecule has 1 saturated heterocycles. The van der Waals surface area contributed by atoms with E-state index in [1.807, 2.05) is 32.4 Å². The zero-order valence-corrected chi connectivity index (χ0v) is 18.7. The largest absolute Gasteiger partial charge is 0.370 e. The van der Waals surface area contributed by atoms with Crippen molar-refractivity contribution >= 4 is 15.7 Å². The van der Waals surface area contributed by atoms with Crippen molar-refractivity contribution in [2.24, 2.45) is 0 Å². The van der Waals surface area contributed by atoms with Gasteiger partial charge in [0.05, 0.1) is 16.9 Å². The Morgan fingerprint density at radius 1 is 0.929 bits per heavy atom. The highest BCUT2D eigenvalue weighted by Crippen LogP contribution is 2.28. The van der Waals surface area contributed by atoms with E-state index < -0.39 is 10.0 Å². The van der Waals surface area contributed by atoms with Crippen LogP contribution in [-0.4, -0.2) is 48.7 Å². The van der Waals surface area contributed by atoms with E-state index in [1.54, 1.807) is 11.2 Å². The third kappa shape index (κ3) is 3.96. The van der Waals surface area contributed by atoms with Gasteiger partial charge in [-0.2, -0.15) is 9.40 Å². The van der Waals surface area contributed by atoms with Gasteiger partial charge in [-0.15, -0.1) is 0 Å². The molecule has 0 amide bonds. The lowest BCUT2D eigenvalue weighted by atomic mass is 10.1. The highest BCUT2D eigenvalue weighted by atomic mass is 32.2. The van der Waals surface area contributed by atoms with Gasteiger partial charge in [0.15, 0.2) is 0 Å². The van der Waals surface area contributed by atoms with Gasteiger partial charge in [-0.05, 0) is 60.1 Å². The number of rotatable bonds is 3. The van der Waals surface area contributed by atoms with Crippen LogP contribution in [0.5, 0.6) is 0 Å². The zero-order valence-electron chi connectivity index (χ0n) is 17.9. The molecule has 0 saturated carbocycles. The van der Waals surface area contributed by atoms with E-state index in [4.69, 9.17) is 0 Å². The molecule has 154 valence electrons. The molecule has 1 aromatic carbocycles. The maximum Gasteiger partial charge on any atom is 0.246 e. The molecule has 3 rings (SSSR count). The lowest BCUT2D eigenvalue weighted by molar-refractivity contribution is 0.345. The van der Waals surface area contributed by atoms with Crippen LogP contribution in [0.2, 0.25) is 0 Å². The second-order valence-electron chi connectivity index (χ2n) is 8.66. The first-order chi connectivity index (χ1) is 13.0. The Hall–Kier alpha value is -1.86. The highest BCUT2D eigenvalue weighted by molar-refractivity contribution is 7.89. The van der Waals surface area contributed by atoms with E-state index >= 15 is 0 Å². The number of sulfonamides is 1. The predicted molar refractivity (Wildman–Crippen MR) is 113 cm³/mol. The first-order valence-corrected chi connectivity index (χ1v) is 11.3.